The Kier molecular flexibility index (Phi) is 6.03. The molecule has 9 heteroatoms. The molecule has 0 saturated heterocycles. The van der Waals surface area contributed by atoms with Crippen molar-refractivity contribution in [1.29, 1.82) is 0 Å². The smallest absolute Gasteiger partial charge is 0.267 e. The summed E-state index contributed by atoms with van der Waals surface area (Å²) < 4.78 is 11.1. The largest absolute Gasteiger partial charge is 0.479 e. The average molecular weight is 460 g/mol. The standard InChI is InChI=1S/C21H15Cl2N3O3S/c1-12(28-17-9-6-14(22)11-16(17)23)21-25-19(26-29-21)13-4-7-15(8-5-13)24-20(27)18-3-2-10-30-18/h2-12H,1H3,(H,24,27)/t12-/m1/s1. The molecule has 0 bridgehead atoms. The number of nitrogens with zero attached hydrogens (tertiary/aromatic N) is 2. The zero-order chi connectivity index (χ0) is 21.1. The Morgan fingerprint density at radius 3 is 2.67 bits per heavy atom. The van der Waals surface area contributed by atoms with Crippen LogP contribution in [0.5, 0.6) is 5.75 Å². The second-order valence-corrected chi connectivity index (χ2v) is 8.09. The van der Waals surface area contributed by atoms with Crippen molar-refractivity contribution in [2.24, 2.45) is 0 Å². The van der Waals surface area contributed by atoms with Gasteiger partial charge in [0.05, 0.1) is 9.90 Å². The fourth-order valence-corrected chi connectivity index (χ4v) is 3.70. The maximum absolute atomic E-state index is 12.1. The summed E-state index contributed by atoms with van der Waals surface area (Å²) in [5, 5.41) is 9.64. The molecular weight excluding hydrogens is 445 g/mol. The third-order valence-corrected chi connectivity index (χ3v) is 5.53. The lowest BCUT2D eigenvalue weighted by atomic mass is 10.2. The Morgan fingerprint density at radius 2 is 1.97 bits per heavy atom. The van der Waals surface area contributed by atoms with Gasteiger partial charge in [0.15, 0.2) is 6.10 Å². The van der Waals surface area contributed by atoms with Gasteiger partial charge >= 0.3 is 0 Å². The minimum absolute atomic E-state index is 0.147. The molecule has 2 aromatic carbocycles. The van der Waals surface area contributed by atoms with E-state index < -0.39 is 6.10 Å². The van der Waals surface area contributed by atoms with Crippen LogP contribution in [0.25, 0.3) is 11.4 Å². The highest BCUT2D eigenvalue weighted by atomic mass is 35.5. The highest BCUT2D eigenvalue weighted by molar-refractivity contribution is 7.12. The third-order valence-electron chi connectivity index (χ3n) is 4.13. The third kappa shape index (κ3) is 4.64. The molecule has 1 amide bonds. The number of amides is 1. The van der Waals surface area contributed by atoms with Gasteiger partial charge in [-0.25, -0.2) is 0 Å². The summed E-state index contributed by atoms with van der Waals surface area (Å²) >= 11 is 13.4. The van der Waals surface area contributed by atoms with Crippen molar-refractivity contribution in [3.63, 3.8) is 0 Å². The highest BCUT2D eigenvalue weighted by Crippen LogP contribution is 2.31. The van der Waals surface area contributed by atoms with Crippen molar-refractivity contribution in [3.8, 4) is 17.1 Å². The summed E-state index contributed by atoms with van der Waals surface area (Å²) in [5.41, 5.74) is 1.42. The van der Waals surface area contributed by atoms with Crippen LogP contribution in [-0.2, 0) is 0 Å². The molecule has 4 aromatic rings. The molecule has 2 aromatic heterocycles. The van der Waals surface area contributed by atoms with E-state index in [1.54, 1.807) is 55.5 Å². The number of thiophene rings is 1. The molecule has 6 nitrogen and oxygen atoms in total. The lowest BCUT2D eigenvalue weighted by Crippen LogP contribution is -2.09. The predicted octanol–water partition coefficient (Wildman–Crippen LogP) is 6.50. The van der Waals surface area contributed by atoms with E-state index in [0.29, 0.717) is 38.1 Å². The van der Waals surface area contributed by atoms with E-state index in [1.807, 2.05) is 11.4 Å². The maximum Gasteiger partial charge on any atom is 0.267 e. The van der Waals surface area contributed by atoms with E-state index in [4.69, 9.17) is 32.5 Å². The summed E-state index contributed by atoms with van der Waals surface area (Å²) in [4.78, 5) is 17.2. The van der Waals surface area contributed by atoms with E-state index >= 15 is 0 Å². The van der Waals surface area contributed by atoms with Crippen molar-refractivity contribution >= 4 is 46.1 Å². The number of anilines is 1. The Labute approximate surface area is 186 Å². The van der Waals surface area contributed by atoms with Gasteiger partial charge in [-0.3, -0.25) is 4.79 Å². The minimum atomic E-state index is -0.505. The topological polar surface area (TPSA) is 77.2 Å². The van der Waals surface area contributed by atoms with Crippen molar-refractivity contribution in [2.75, 3.05) is 5.32 Å². The molecule has 1 atom stereocenters. The number of ether oxygens (including phenoxy) is 1. The first-order chi connectivity index (χ1) is 14.5. The molecule has 1 N–H and O–H groups in total. The Balaban J connectivity index is 1.43. The minimum Gasteiger partial charge on any atom is -0.479 e. The summed E-state index contributed by atoms with van der Waals surface area (Å²) in [6.07, 6.45) is -0.505. The molecule has 0 spiro atoms. The van der Waals surface area contributed by atoms with E-state index in [9.17, 15) is 4.79 Å². The number of rotatable bonds is 6. The first kappa shape index (κ1) is 20.4. The van der Waals surface area contributed by atoms with E-state index in [-0.39, 0.29) is 5.91 Å². The zero-order valence-corrected chi connectivity index (χ0v) is 18.0. The van der Waals surface area contributed by atoms with Gasteiger partial charge in [-0.15, -0.1) is 11.3 Å². The van der Waals surface area contributed by atoms with E-state index in [0.717, 1.165) is 5.56 Å². The van der Waals surface area contributed by atoms with Gasteiger partial charge in [0.2, 0.25) is 5.82 Å². The molecule has 2 heterocycles. The summed E-state index contributed by atoms with van der Waals surface area (Å²) in [5.74, 6) is 1.05. The monoisotopic (exact) mass is 459 g/mol. The number of halogens is 2. The number of hydrogen-bond donors (Lipinski definition) is 1. The van der Waals surface area contributed by atoms with Crippen LogP contribution in [-0.4, -0.2) is 16.0 Å². The van der Waals surface area contributed by atoms with Gasteiger partial charge in [-0.2, -0.15) is 4.98 Å². The van der Waals surface area contributed by atoms with E-state index in [2.05, 4.69) is 15.5 Å². The van der Waals surface area contributed by atoms with Gasteiger partial charge in [0.25, 0.3) is 11.8 Å². The van der Waals surface area contributed by atoms with Crippen LogP contribution < -0.4 is 10.1 Å². The van der Waals surface area contributed by atoms with Crippen LogP contribution in [0.15, 0.2) is 64.5 Å². The van der Waals surface area contributed by atoms with Crippen LogP contribution in [0.4, 0.5) is 5.69 Å². The molecule has 0 unspecified atom stereocenters. The van der Waals surface area contributed by atoms with Gasteiger partial charge in [-0.1, -0.05) is 34.4 Å². The maximum atomic E-state index is 12.1. The van der Waals surface area contributed by atoms with Crippen LogP contribution in [0, 0.1) is 0 Å². The van der Waals surface area contributed by atoms with Gasteiger partial charge in [-0.05, 0) is 60.8 Å². The second kappa shape index (κ2) is 8.87. The predicted molar refractivity (Wildman–Crippen MR) is 118 cm³/mol. The number of carbonyl (C=O) groups is 1. The molecule has 0 aliphatic heterocycles. The molecule has 0 fully saturated rings. The number of nitrogens with one attached hydrogen (secondary N) is 1. The Hall–Kier alpha value is -2.87. The number of carbonyl (C=O) groups excluding carboxylic acids is 1. The van der Waals surface area contributed by atoms with Crippen LogP contribution in [0.2, 0.25) is 10.0 Å². The van der Waals surface area contributed by atoms with E-state index in [1.165, 1.54) is 11.3 Å². The fourth-order valence-electron chi connectivity index (χ4n) is 2.63. The molecule has 0 aliphatic rings. The lowest BCUT2D eigenvalue weighted by molar-refractivity contribution is 0.103. The Bertz CT molecular complexity index is 1160. The highest BCUT2D eigenvalue weighted by Gasteiger charge is 2.18. The van der Waals surface area contributed by atoms with Gasteiger partial charge in [0.1, 0.15) is 5.75 Å². The quantitative estimate of drug-likeness (QED) is 0.356. The van der Waals surface area contributed by atoms with Crippen LogP contribution in [0.1, 0.15) is 28.6 Å². The molecule has 0 saturated carbocycles. The number of benzene rings is 2. The van der Waals surface area contributed by atoms with Crippen molar-refractivity contribution in [1.82, 2.24) is 10.1 Å². The van der Waals surface area contributed by atoms with Gasteiger partial charge in [0, 0.05) is 16.3 Å². The molecule has 4 rings (SSSR count). The Morgan fingerprint density at radius 1 is 1.17 bits per heavy atom. The number of hydrogen-bond acceptors (Lipinski definition) is 6. The van der Waals surface area contributed by atoms with Crippen molar-refractivity contribution < 1.29 is 14.1 Å². The van der Waals surface area contributed by atoms with Crippen LogP contribution in [0.3, 0.4) is 0 Å². The van der Waals surface area contributed by atoms with Gasteiger partial charge < -0.3 is 14.6 Å². The fraction of sp³-hybridized carbons (Fsp3) is 0.0952. The summed E-state index contributed by atoms with van der Waals surface area (Å²) in [6.45, 7) is 1.78. The van der Waals surface area contributed by atoms with Crippen molar-refractivity contribution in [2.45, 2.75) is 13.0 Å². The second-order valence-electron chi connectivity index (χ2n) is 6.30. The lowest BCUT2D eigenvalue weighted by Gasteiger charge is -2.12. The molecular formula is C21H15Cl2N3O3S. The number of aromatic nitrogens is 2. The summed E-state index contributed by atoms with van der Waals surface area (Å²) in [7, 11) is 0. The summed E-state index contributed by atoms with van der Waals surface area (Å²) in [6, 6.07) is 15.8. The first-order valence-electron chi connectivity index (χ1n) is 8.90. The molecule has 0 radical (unpaired) electrons. The average Bonchev–Trinajstić information content (AvgIpc) is 3.43. The molecule has 152 valence electrons. The van der Waals surface area contributed by atoms with Crippen molar-refractivity contribution in [3.05, 3.63) is 80.8 Å². The molecule has 30 heavy (non-hydrogen) atoms. The molecule has 0 aliphatic carbocycles. The SMILES string of the molecule is C[C@@H](Oc1ccc(Cl)cc1Cl)c1nc(-c2ccc(NC(=O)c3cccs3)cc2)no1. The normalized spacial score (nSPS) is 11.8. The first-order valence-corrected chi connectivity index (χ1v) is 10.5. The zero-order valence-electron chi connectivity index (χ0n) is 15.6. The van der Waals surface area contributed by atoms with Crippen LogP contribution >= 0.6 is 34.5 Å².